The van der Waals surface area contributed by atoms with Crippen molar-refractivity contribution in [2.75, 3.05) is 30.6 Å². The first-order valence-electron chi connectivity index (χ1n) is 7.94. The Balaban J connectivity index is 1.92. The minimum absolute atomic E-state index is 0.280. The number of nitrogen functional groups attached to an aromatic ring is 1. The van der Waals surface area contributed by atoms with Crippen LogP contribution in [0.4, 0.5) is 28.7 Å². The van der Waals surface area contributed by atoms with Crippen molar-refractivity contribution in [3.05, 3.63) is 51.7 Å². The predicted molar refractivity (Wildman–Crippen MR) is 114 cm³/mol. The number of methoxy groups -OCH3 is 2. The molecule has 0 aliphatic heterocycles. The largest absolute Gasteiger partial charge is 0.495 e. The molecular formula is C18H16Cl3N5O2. The number of nitrogens with two attached hydrogens (primary N) is 1. The lowest BCUT2D eigenvalue weighted by molar-refractivity contribution is 0.396. The minimum atomic E-state index is 0.280. The summed E-state index contributed by atoms with van der Waals surface area (Å²) >= 11 is 18.3. The highest BCUT2D eigenvalue weighted by atomic mass is 35.5. The maximum atomic E-state index is 6.23. The van der Waals surface area contributed by atoms with Crippen molar-refractivity contribution in [3.63, 3.8) is 0 Å². The molecule has 0 unspecified atom stereocenters. The zero-order chi connectivity index (χ0) is 20.3. The zero-order valence-electron chi connectivity index (χ0n) is 14.9. The summed E-state index contributed by atoms with van der Waals surface area (Å²) in [6, 6.07) is 8.37. The topological polar surface area (TPSA) is 94.3 Å². The Morgan fingerprint density at radius 2 is 1.46 bits per heavy atom. The molecule has 3 aromatic rings. The maximum Gasteiger partial charge on any atom is 0.159 e. The fourth-order valence-corrected chi connectivity index (χ4v) is 3.10. The molecule has 0 bridgehead atoms. The van der Waals surface area contributed by atoms with Crippen LogP contribution in [0.1, 0.15) is 0 Å². The SMILES string of the molecule is COc1cc(OC)c(Nc2ncnc(Nc3ccc(Cl)cc3Cl)c2N)cc1Cl. The van der Waals surface area contributed by atoms with E-state index < -0.39 is 0 Å². The van der Waals surface area contributed by atoms with Gasteiger partial charge in [-0.1, -0.05) is 34.8 Å². The number of hydrogen-bond acceptors (Lipinski definition) is 7. The number of rotatable bonds is 6. The Morgan fingerprint density at radius 1 is 0.821 bits per heavy atom. The number of nitrogens with zero attached hydrogens (tertiary/aromatic N) is 2. The van der Waals surface area contributed by atoms with Crippen LogP contribution in [0.15, 0.2) is 36.7 Å². The first-order valence-corrected chi connectivity index (χ1v) is 9.07. The average molecular weight is 441 g/mol. The van der Waals surface area contributed by atoms with Gasteiger partial charge in [0.05, 0.1) is 35.6 Å². The maximum absolute atomic E-state index is 6.23. The molecule has 0 fully saturated rings. The number of hydrogen-bond donors (Lipinski definition) is 3. The van der Waals surface area contributed by atoms with Gasteiger partial charge >= 0.3 is 0 Å². The molecule has 2 aromatic carbocycles. The van der Waals surface area contributed by atoms with Gasteiger partial charge in [-0.25, -0.2) is 9.97 Å². The van der Waals surface area contributed by atoms with E-state index >= 15 is 0 Å². The summed E-state index contributed by atoms with van der Waals surface area (Å²) in [6.45, 7) is 0. The van der Waals surface area contributed by atoms with E-state index in [4.69, 9.17) is 50.0 Å². The zero-order valence-corrected chi connectivity index (χ0v) is 17.2. The minimum Gasteiger partial charge on any atom is -0.495 e. The van der Waals surface area contributed by atoms with Crippen LogP contribution in [0.2, 0.25) is 15.1 Å². The van der Waals surface area contributed by atoms with Gasteiger partial charge in [-0.05, 0) is 24.3 Å². The van der Waals surface area contributed by atoms with Gasteiger partial charge in [0.1, 0.15) is 23.5 Å². The highest BCUT2D eigenvalue weighted by molar-refractivity contribution is 6.36. The standard InChI is InChI=1S/C18H16Cl3N5O2/c1-27-14-7-15(28-2)13(6-11(14)21)26-18-16(22)17(23-8-24-18)25-12-4-3-9(19)5-10(12)20/h3-8H,22H2,1-2H3,(H2,23,24,25,26). The lowest BCUT2D eigenvalue weighted by atomic mass is 10.2. The van der Waals surface area contributed by atoms with Gasteiger partial charge in [0.25, 0.3) is 0 Å². The molecule has 0 atom stereocenters. The predicted octanol–water partition coefficient (Wildman–Crippen LogP) is 5.52. The first kappa shape index (κ1) is 20.1. The molecule has 0 spiro atoms. The molecule has 1 aromatic heterocycles. The summed E-state index contributed by atoms with van der Waals surface area (Å²) < 4.78 is 10.6. The summed E-state index contributed by atoms with van der Waals surface area (Å²) in [5, 5.41) is 7.53. The Hall–Kier alpha value is -2.61. The molecule has 0 amide bonds. The van der Waals surface area contributed by atoms with E-state index in [0.29, 0.717) is 49.6 Å². The van der Waals surface area contributed by atoms with Crippen molar-refractivity contribution in [1.82, 2.24) is 9.97 Å². The van der Waals surface area contributed by atoms with Gasteiger partial charge in [-0.3, -0.25) is 0 Å². The van der Waals surface area contributed by atoms with Crippen LogP contribution in [-0.2, 0) is 0 Å². The fraction of sp³-hybridized carbons (Fsp3) is 0.111. The summed E-state index contributed by atoms with van der Waals surface area (Å²) in [5.41, 5.74) is 7.68. The van der Waals surface area contributed by atoms with Crippen LogP contribution in [0, 0.1) is 0 Å². The number of aromatic nitrogens is 2. The third kappa shape index (κ3) is 4.27. The molecule has 0 saturated carbocycles. The molecule has 7 nitrogen and oxygen atoms in total. The molecular weight excluding hydrogens is 425 g/mol. The molecule has 4 N–H and O–H groups in total. The van der Waals surface area contributed by atoms with E-state index in [-0.39, 0.29) is 5.69 Å². The third-order valence-electron chi connectivity index (χ3n) is 3.80. The van der Waals surface area contributed by atoms with Crippen molar-refractivity contribution in [2.24, 2.45) is 0 Å². The van der Waals surface area contributed by atoms with E-state index in [1.165, 1.54) is 20.5 Å². The van der Waals surface area contributed by atoms with Gasteiger partial charge in [-0.15, -0.1) is 0 Å². The van der Waals surface area contributed by atoms with Gasteiger partial charge in [0, 0.05) is 11.1 Å². The molecule has 146 valence electrons. The number of anilines is 5. The summed E-state index contributed by atoms with van der Waals surface area (Å²) in [7, 11) is 3.06. The monoisotopic (exact) mass is 439 g/mol. The van der Waals surface area contributed by atoms with Crippen LogP contribution in [0.5, 0.6) is 11.5 Å². The van der Waals surface area contributed by atoms with Crippen LogP contribution in [0.3, 0.4) is 0 Å². The smallest absolute Gasteiger partial charge is 0.159 e. The van der Waals surface area contributed by atoms with Gasteiger partial charge in [-0.2, -0.15) is 0 Å². The summed E-state index contributed by atoms with van der Waals surface area (Å²) in [4.78, 5) is 8.36. The average Bonchev–Trinajstić information content (AvgIpc) is 2.67. The van der Waals surface area contributed by atoms with Crippen LogP contribution < -0.4 is 25.8 Å². The van der Waals surface area contributed by atoms with Crippen molar-refractivity contribution in [3.8, 4) is 11.5 Å². The van der Waals surface area contributed by atoms with Gasteiger partial charge in [0.2, 0.25) is 0 Å². The number of benzene rings is 2. The first-order chi connectivity index (χ1) is 13.4. The summed E-state index contributed by atoms with van der Waals surface area (Å²) in [6.07, 6.45) is 1.36. The third-order valence-corrected chi connectivity index (χ3v) is 4.64. The van der Waals surface area contributed by atoms with E-state index in [0.717, 1.165) is 0 Å². The lowest BCUT2D eigenvalue weighted by Crippen LogP contribution is -2.06. The molecule has 10 heteroatoms. The van der Waals surface area contributed by atoms with Crippen molar-refractivity contribution < 1.29 is 9.47 Å². The van der Waals surface area contributed by atoms with Gasteiger partial charge in [0.15, 0.2) is 11.6 Å². The Morgan fingerprint density at radius 3 is 2.07 bits per heavy atom. The second-order valence-electron chi connectivity index (χ2n) is 5.55. The Kier molecular flexibility index (Phi) is 6.18. The quantitative estimate of drug-likeness (QED) is 0.464. The highest BCUT2D eigenvalue weighted by Crippen LogP contribution is 2.39. The van der Waals surface area contributed by atoms with E-state index in [1.807, 2.05) is 0 Å². The van der Waals surface area contributed by atoms with Crippen LogP contribution in [-0.4, -0.2) is 24.2 Å². The van der Waals surface area contributed by atoms with Crippen LogP contribution in [0.25, 0.3) is 0 Å². The second-order valence-corrected chi connectivity index (χ2v) is 6.80. The van der Waals surface area contributed by atoms with Crippen LogP contribution >= 0.6 is 34.8 Å². The number of nitrogens with one attached hydrogen (secondary N) is 2. The molecule has 0 aliphatic rings. The fourth-order valence-electron chi connectivity index (χ4n) is 2.40. The van der Waals surface area contributed by atoms with Crippen molar-refractivity contribution >= 4 is 63.5 Å². The van der Waals surface area contributed by atoms with Gasteiger partial charge < -0.3 is 25.8 Å². The summed E-state index contributed by atoms with van der Waals surface area (Å²) in [5.74, 6) is 1.73. The normalized spacial score (nSPS) is 10.5. The molecule has 1 heterocycles. The number of ether oxygens (including phenoxy) is 2. The number of halogens is 3. The van der Waals surface area contributed by atoms with Crippen molar-refractivity contribution in [2.45, 2.75) is 0 Å². The second kappa shape index (κ2) is 8.60. The molecule has 28 heavy (non-hydrogen) atoms. The Bertz CT molecular complexity index is 1020. The highest BCUT2D eigenvalue weighted by Gasteiger charge is 2.14. The lowest BCUT2D eigenvalue weighted by Gasteiger charge is -2.16. The molecule has 0 radical (unpaired) electrons. The van der Waals surface area contributed by atoms with E-state index in [1.54, 1.807) is 30.3 Å². The van der Waals surface area contributed by atoms with E-state index in [9.17, 15) is 0 Å². The Labute approximate surface area is 176 Å². The van der Waals surface area contributed by atoms with E-state index in [2.05, 4.69) is 20.6 Å². The molecule has 3 rings (SSSR count). The molecule has 0 aliphatic carbocycles. The molecule has 0 saturated heterocycles. The van der Waals surface area contributed by atoms with Crippen molar-refractivity contribution in [1.29, 1.82) is 0 Å².